The zero-order chi connectivity index (χ0) is 14.2. The number of aryl methyl sites for hydroxylation is 1. The largest absolute Gasteiger partial charge is 0.394 e. The molecule has 0 saturated carbocycles. The van der Waals surface area contributed by atoms with Crippen molar-refractivity contribution in [2.45, 2.75) is 32.9 Å². The molecule has 7 heteroatoms. The van der Waals surface area contributed by atoms with Gasteiger partial charge in [-0.25, -0.2) is 4.98 Å². The Balaban J connectivity index is 2.33. The predicted molar refractivity (Wildman–Crippen MR) is 74.5 cm³/mol. The number of aromatic nitrogens is 3. The number of rotatable bonds is 4. The minimum absolute atomic E-state index is 0.0612. The lowest BCUT2D eigenvalue weighted by atomic mass is 10.1. The van der Waals surface area contributed by atoms with Gasteiger partial charge in [0.15, 0.2) is 0 Å². The van der Waals surface area contributed by atoms with E-state index in [0.29, 0.717) is 17.2 Å². The molecule has 2 heterocycles. The summed E-state index contributed by atoms with van der Waals surface area (Å²) in [5.74, 6) is 0. The van der Waals surface area contributed by atoms with E-state index in [0.717, 1.165) is 5.01 Å². The zero-order valence-electron chi connectivity index (χ0n) is 11.5. The molecule has 0 aliphatic rings. The third kappa shape index (κ3) is 2.83. The molecule has 0 spiro atoms. The molecule has 19 heavy (non-hydrogen) atoms. The van der Waals surface area contributed by atoms with Gasteiger partial charge in [-0.3, -0.25) is 9.69 Å². The number of hydrogen-bond acceptors (Lipinski definition) is 6. The number of likely N-dealkylation sites (N-methyl/N-ethyl adjacent to an activating group) is 1. The number of aliphatic hydroxyl groups is 1. The van der Waals surface area contributed by atoms with Crippen LogP contribution < -0.4 is 5.56 Å². The molecule has 0 unspecified atom stereocenters. The van der Waals surface area contributed by atoms with Crippen LogP contribution in [0.2, 0.25) is 0 Å². The Morgan fingerprint density at radius 3 is 2.84 bits per heavy atom. The first-order valence-electron chi connectivity index (χ1n) is 6.02. The predicted octanol–water partition coefficient (Wildman–Crippen LogP) is 0.662. The van der Waals surface area contributed by atoms with Crippen LogP contribution in [0.4, 0.5) is 0 Å². The molecule has 0 saturated heterocycles. The highest BCUT2D eigenvalue weighted by Crippen LogP contribution is 2.18. The molecule has 6 nitrogen and oxygen atoms in total. The van der Waals surface area contributed by atoms with E-state index >= 15 is 0 Å². The average Bonchev–Trinajstić information content (AvgIpc) is 2.71. The van der Waals surface area contributed by atoms with Gasteiger partial charge in [0.25, 0.3) is 5.56 Å². The van der Waals surface area contributed by atoms with Crippen molar-refractivity contribution in [1.29, 1.82) is 0 Å². The fourth-order valence-electron chi connectivity index (χ4n) is 1.56. The first kappa shape index (κ1) is 14.1. The Hall–Kier alpha value is -1.31. The summed E-state index contributed by atoms with van der Waals surface area (Å²) in [6, 6.07) is 1.47. The minimum atomic E-state index is -0.327. The molecule has 0 bridgehead atoms. The van der Waals surface area contributed by atoms with E-state index in [1.54, 1.807) is 6.92 Å². The summed E-state index contributed by atoms with van der Waals surface area (Å²) in [7, 11) is 1.92. The van der Waals surface area contributed by atoms with Crippen LogP contribution in [-0.2, 0) is 6.54 Å². The van der Waals surface area contributed by atoms with Crippen molar-refractivity contribution in [1.82, 2.24) is 19.5 Å². The van der Waals surface area contributed by atoms with Crippen molar-refractivity contribution in [2.24, 2.45) is 0 Å². The fourth-order valence-corrected chi connectivity index (χ4v) is 2.56. The lowest BCUT2D eigenvalue weighted by Crippen LogP contribution is -2.43. The van der Waals surface area contributed by atoms with E-state index in [1.807, 2.05) is 25.8 Å². The lowest BCUT2D eigenvalue weighted by Gasteiger charge is -2.32. The van der Waals surface area contributed by atoms with Crippen LogP contribution in [0.15, 0.2) is 10.9 Å². The molecule has 0 radical (unpaired) electrons. The van der Waals surface area contributed by atoms with E-state index < -0.39 is 0 Å². The quantitative estimate of drug-likeness (QED) is 0.892. The summed E-state index contributed by atoms with van der Waals surface area (Å²) < 4.78 is 1.33. The van der Waals surface area contributed by atoms with Crippen molar-refractivity contribution >= 4 is 16.3 Å². The standard InChI is InChI=1S/C12H18N4O2S/c1-8-5-10(18)16-11(13-8)19-9(14-16)6-15(4)12(2,3)7-17/h5,17H,6-7H2,1-4H3. The van der Waals surface area contributed by atoms with Crippen molar-refractivity contribution in [3.8, 4) is 0 Å². The summed E-state index contributed by atoms with van der Waals surface area (Å²) in [5, 5.41) is 14.4. The number of aliphatic hydroxyl groups excluding tert-OH is 1. The number of fused-ring (bicyclic) bond motifs is 1. The monoisotopic (exact) mass is 282 g/mol. The second-order valence-electron chi connectivity index (χ2n) is 5.25. The maximum Gasteiger partial charge on any atom is 0.275 e. The SMILES string of the molecule is Cc1cc(=O)n2nc(CN(C)C(C)(C)CO)sc2n1. The highest BCUT2D eigenvalue weighted by atomic mass is 32.1. The molecule has 0 amide bonds. The molecular weight excluding hydrogens is 264 g/mol. The Morgan fingerprint density at radius 1 is 1.53 bits per heavy atom. The topological polar surface area (TPSA) is 70.7 Å². The molecule has 0 aliphatic heterocycles. The Morgan fingerprint density at radius 2 is 2.21 bits per heavy atom. The first-order valence-corrected chi connectivity index (χ1v) is 6.83. The Kier molecular flexibility index (Phi) is 3.71. The van der Waals surface area contributed by atoms with Crippen molar-refractivity contribution in [3.63, 3.8) is 0 Å². The molecule has 0 aromatic carbocycles. The van der Waals surface area contributed by atoms with Gasteiger partial charge in [-0.15, -0.1) is 0 Å². The van der Waals surface area contributed by atoms with Gasteiger partial charge in [0, 0.05) is 17.3 Å². The summed E-state index contributed by atoms with van der Waals surface area (Å²) in [4.78, 5) is 18.7. The van der Waals surface area contributed by atoms with E-state index in [1.165, 1.54) is 21.9 Å². The van der Waals surface area contributed by atoms with E-state index in [9.17, 15) is 9.90 Å². The summed E-state index contributed by atoms with van der Waals surface area (Å²) >= 11 is 1.40. The molecule has 2 rings (SSSR count). The van der Waals surface area contributed by atoms with Gasteiger partial charge in [-0.1, -0.05) is 11.3 Å². The number of hydrogen-bond donors (Lipinski definition) is 1. The number of nitrogens with zero attached hydrogens (tertiary/aromatic N) is 4. The van der Waals surface area contributed by atoms with Crippen LogP contribution in [0, 0.1) is 6.92 Å². The maximum atomic E-state index is 11.8. The highest BCUT2D eigenvalue weighted by Gasteiger charge is 2.23. The third-order valence-electron chi connectivity index (χ3n) is 3.21. The van der Waals surface area contributed by atoms with Crippen molar-refractivity contribution in [2.75, 3.05) is 13.7 Å². The van der Waals surface area contributed by atoms with Crippen LogP contribution >= 0.6 is 11.3 Å². The van der Waals surface area contributed by atoms with E-state index in [2.05, 4.69) is 10.1 Å². The molecule has 0 atom stereocenters. The van der Waals surface area contributed by atoms with E-state index in [4.69, 9.17) is 0 Å². The maximum absolute atomic E-state index is 11.8. The zero-order valence-corrected chi connectivity index (χ0v) is 12.4. The van der Waals surface area contributed by atoms with Crippen molar-refractivity contribution < 1.29 is 5.11 Å². The Bertz CT molecular complexity index is 647. The van der Waals surface area contributed by atoms with Crippen LogP contribution in [-0.4, -0.2) is 43.8 Å². The third-order valence-corrected chi connectivity index (χ3v) is 4.10. The summed E-state index contributed by atoms with van der Waals surface area (Å²) in [6.45, 7) is 6.33. The van der Waals surface area contributed by atoms with E-state index in [-0.39, 0.29) is 17.7 Å². The van der Waals surface area contributed by atoms with Gasteiger partial charge in [0.1, 0.15) is 5.01 Å². The molecule has 0 fully saturated rings. The van der Waals surface area contributed by atoms with Gasteiger partial charge < -0.3 is 5.11 Å². The summed E-state index contributed by atoms with van der Waals surface area (Å²) in [5.41, 5.74) is 0.213. The first-order chi connectivity index (χ1) is 8.83. The normalized spacial score (nSPS) is 12.5. The smallest absolute Gasteiger partial charge is 0.275 e. The average molecular weight is 282 g/mol. The fraction of sp³-hybridized carbons (Fsp3) is 0.583. The molecule has 104 valence electrons. The molecular formula is C12H18N4O2S. The van der Waals surface area contributed by atoms with Gasteiger partial charge in [0.05, 0.1) is 13.2 Å². The van der Waals surface area contributed by atoms with Gasteiger partial charge >= 0.3 is 0 Å². The van der Waals surface area contributed by atoms with Gasteiger partial charge in [-0.2, -0.15) is 9.61 Å². The van der Waals surface area contributed by atoms with Crippen LogP contribution in [0.1, 0.15) is 24.5 Å². The molecule has 1 N–H and O–H groups in total. The second kappa shape index (κ2) is 4.99. The molecule has 0 aliphatic carbocycles. The lowest BCUT2D eigenvalue weighted by molar-refractivity contribution is 0.0731. The van der Waals surface area contributed by atoms with Crippen molar-refractivity contribution in [3.05, 3.63) is 27.1 Å². The van der Waals surface area contributed by atoms with Crippen LogP contribution in [0.25, 0.3) is 4.96 Å². The van der Waals surface area contributed by atoms with Crippen LogP contribution in [0.5, 0.6) is 0 Å². The molecule has 2 aromatic rings. The summed E-state index contributed by atoms with van der Waals surface area (Å²) in [6.07, 6.45) is 0. The van der Waals surface area contributed by atoms with Gasteiger partial charge in [-0.05, 0) is 27.8 Å². The highest BCUT2D eigenvalue weighted by molar-refractivity contribution is 7.16. The minimum Gasteiger partial charge on any atom is -0.394 e. The Labute approximate surface area is 115 Å². The van der Waals surface area contributed by atoms with Crippen LogP contribution in [0.3, 0.4) is 0 Å². The second-order valence-corrected chi connectivity index (χ2v) is 6.29. The van der Waals surface area contributed by atoms with Gasteiger partial charge in [0.2, 0.25) is 4.96 Å². The molecule has 2 aromatic heterocycles.